The average Bonchev–Trinajstić information content (AvgIpc) is 2.47. The Morgan fingerprint density at radius 3 is 2.70 bits per heavy atom. The maximum Gasteiger partial charge on any atom is 0.308 e. The first-order valence-corrected chi connectivity index (χ1v) is 9.20. The van der Waals surface area contributed by atoms with E-state index in [-0.39, 0.29) is 30.5 Å². The van der Waals surface area contributed by atoms with Gasteiger partial charge in [0.25, 0.3) is 0 Å². The first-order chi connectivity index (χ1) is 10.9. The summed E-state index contributed by atoms with van der Waals surface area (Å²) in [5, 5.41) is 20.1. The summed E-state index contributed by atoms with van der Waals surface area (Å²) in [5.41, 5.74) is 1.44. The molecule has 1 unspecified atom stereocenters. The zero-order chi connectivity index (χ0) is 16.6. The van der Waals surface area contributed by atoms with Crippen LogP contribution in [0.25, 0.3) is 0 Å². The summed E-state index contributed by atoms with van der Waals surface area (Å²) in [5.74, 6) is 1.72. The number of rotatable bonds is 3. The standard InChI is InChI=1S/C19H30O4/c1-11-3-5-17-13(7-11)8-18(21)12(2)16(17)6-4-15-9-14(20)10-19(22)23-15/h8,11-12,14-18,20-21H,3-7,9-10H2,1-2H3/t11-,12+,14-,15-,16-,17+,18?/m1/s1. The highest BCUT2D eigenvalue weighted by molar-refractivity contribution is 5.70. The summed E-state index contributed by atoms with van der Waals surface area (Å²) in [6.45, 7) is 4.43. The Morgan fingerprint density at radius 2 is 1.96 bits per heavy atom. The van der Waals surface area contributed by atoms with E-state index in [4.69, 9.17) is 4.74 Å². The van der Waals surface area contributed by atoms with Crippen LogP contribution < -0.4 is 0 Å². The Hall–Kier alpha value is -0.870. The molecule has 3 aliphatic rings. The number of esters is 1. The molecular formula is C19H30O4. The first-order valence-electron chi connectivity index (χ1n) is 9.20. The summed E-state index contributed by atoms with van der Waals surface area (Å²) in [4.78, 5) is 11.5. The van der Waals surface area contributed by atoms with E-state index in [1.807, 2.05) is 0 Å². The SMILES string of the molecule is C[C@@H]1CC[C@H]2C(=CC(O)[C@@H](C)[C@H]2CC[C@@H]2C[C@@H](O)CC(=O)O2)C1. The van der Waals surface area contributed by atoms with Crippen molar-refractivity contribution in [2.75, 3.05) is 0 Å². The van der Waals surface area contributed by atoms with Gasteiger partial charge in [-0.05, 0) is 55.8 Å². The van der Waals surface area contributed by atoms with Crippen LogP contribution in [-0.2, 0) is 9.53 Å². The van der Waals surface area contributed by atoms with Crippen LogP contribution in [0.4, 0.5) is 0 Å². The van der Waals surface area contributed by atoms with Gasteiger partial charge >= 0.3 is 5.97 Å². The molecule has 1 heterocycles. The van der Waals surface area contributed by atoms with Gasteiger partial charge in [0.15, 0.2) is 0 Å². The van der Waals surface area contributed by atoms with Crippen molar-refractivity contribution >= 4 is 5.97 Å². The maximum absolute atomic E-state index is 11.5. The Balaban J connectivity index is 1.64. The van der Waals surface area contributed by atoms with Gasteiger partial charge in [-0.2, -0.15) is 0 Å². The summed E-state index contributed by atoms with van der Waals surface area (Å²) >= 11 is 0. The molecule has 2 aliphatic carbocycles. The van der Waals surface area contributed by atoms with Crippen LogP contribution >= 0.6 is 0 Å². The monoisotopic (exact) mass is 322 g/mol. The van der Waals surface area contributed by atoms with Gasteiger partial charge in [0.2, 0.25) is 0 Å². The van der Waals surface area contributed by atoms with E-state index in [0.29, 0.717) is 24.2 Å². The number of allylic oxidation sites excluding steroid dienone is 1. The van der Waals surface area contributed by atoms with Gasteiger partial charge in [-0.3, -0.25) is 4.79 Å². The normalized spacial score (nSPS) is 44.3. The number of hydrogen-bond donors (Lipinski definition) is 2. The van der Waals surface area contributed by atoms with Gasteiger partial charge in [-0.1, -0.05) is 25.5 Å². The minimum Gasteiger partial charge on any atom is -0.462 e. The van der Waals surface area contributed by atoms with Gasteiger partial charge in [-0.25, -0.2) is 0 Å². The summed E-state index contributed by atoms with van der Waals surface area (Å²) < 4.78 is 5.39. The molecule has 4 nitrogen and oxygen atoms in total. The maximum atomic E-state index is 11.5. The van der Waals surface area contributed by atoms with Crippen molar-refractivity contribution in [2.24, 2.45) is 23.7 Å². The molecule has 0 aromatic rings. The van der Waals surface area contributed by atoms with Gasteiger partial charge in [0, 0.05) is 6.42 Å². The molecule has 2 N–H and O–H groups in total. The molecule has 2 fully saturated rings. The second-order valence-electron chi connectivity index (χ2n) is 8.03. The van der Waals surface area contributed by atoms with Gasteiger partial charge in [0.05, 0.1) is 18.6 Å². The zero-order valence-electron chi connectivity index (χ0n) is 14.3. The molecule has 130 valence electrons. The van der Waals surface area contributed by atoms with E-state index in [0.717, 1.165) is 19.3 Å². The fourth-order valence-corrected chi connectivity index (χ4v) is 4.86. The molecule has 4 heteroatoms. The zero-order valence-corrected chi connectivity index (χ0v) is 14.3. The smallest absolute Gasteiger partial charge is 0.308 e. The molecule has 1 aliphatic heterocycles. The topological polar surface area (TPSA) is 66.8 Å². The largest absolute Gasteiger partial charge is 0.462 e. The summed E-state index contributed by atoms with van der Waals surface area (Å²) in [6.07, 6.45) is 7.06. The highest BCUT2D eigenvalue weighted by Gasteiger charge is 2.39. The molecule has 0 aromatic carbocycles. The van der Waals surface area contributed by atoms with Crippen molar-refractivity contribution in [3.63, 3.8) is 0 Å². The van der Waals surface area contributed by atoms with Crippen molar-refractivity contribution in [2.45, 2.75) is 77.1 Å². The molecule has 7 atom stereocenters. The Morgan fingerprint density at radius 1 is 1.17 bits per heavy atom. The lowest BCUT2D eigenvalue weighted by atomic mass is 9.63. The van der Waals surface area contributed by atoms with Crippen molar-refractivity contribution < 1.29 is 19.7 Å². The Kier molecular flexibility index (Phi) is 5.12. The quantitative estimate of drug-likeness (QED) is 0.619. The fourth-order valence-electron chi connectivity index (χ4n) is 4.86. The highest BCUT2D eigenvalue weighted by atomic mass is 16.5. The second kappa shape index (κ2) is 6.94. The van der Waals surface area contributed by atoms with Crippen molar-refractivity contribution in [3.05, 3.63) is 11.6 Å². The molecule has 1 saturated carbocycles. The van der Waals surface area contributed by atoms with Crippen LogP contribution in [0.1, 0.15) is 58.8 Å². The van der Waals surface area contributed by atoms with E-state index >= 15 is 0 Å². The number of aliphatic hydroxyl groups is 2. The van der Waals surface area contributed by atoms with Crippen molar-refractivity contribution in [3.8, 4) is 0 Å². The minimum absolute atomic E-state index is 0.127. The van der Waals surface area contributed by atoms with Crippen molar-refractivity contribution in [1.82, 2.24) is 0 Å². The van der Waals surface area contributed by atoms with Crippen LogP contribution in [0.5, 0.6) is 0 Å². The van der Waals surface area contributed by atoms with E-state index < -0.39 is 6.10 Å². The fraction of sp³-hybridized carbons (Fsp3) is 0.842. The third-order valence-corrected chi connectivity index (χ3v) is 6.20. The molecule has 0 amide bonds. The molecular weight excluding hydrogens is 292 g/mol. The van der Waals surface area contributed by atoms with E-state index in [1.54, 1.807) is 0 Å². The number of ether oxygens (including phenoxy) is 1. The minimum atomic E-state index is -0.554. The Labute approximate surface area is 138 Å². The lowest BCUT2D eigenvalue weighted by Crippen LogP contribution is -2.39. The number of carbonyl (C=O) groups excluding carboxylic acids is 1. The lowest BCUT2D eigenvalue weighted by Gasteiger charge is -2.44. The number of hydrogen-bond acceptors (Lipinski definition) is 4. The highest BCUT2D eigenvalue weighted by Crippen LogP contribution is 2.46. The number of fused-ring (bicyclic) bond motifs is 1. The third-order valence-electron chi connectivity index (χ3n) is 6.20. The molecule has 0 radical (unpaired) electrons. The van der Waals surface area contributed by atoms with E-state index in [2.05, 4.69) is 19.9 Å². The molecule has 23 heavy (non-hydrogen) atoms. The number of carbonyl (C=O) groups is 1. The van der Waals surface area contributed by atoms with Crippen LogP contribution in [0, 0.1) is 23.7 Å². The third kappa shape index (κ3) is 3.80. The van der Waals surface area contributed by atoms with E-state index in [9.17, 15) is 15.0 Å². The molecule has 3 rings (SSSR count). The number of aliphatic hydroxyl groups excluding tert-OH is 2. The predicted octanol–water partition coefficient (Wildman–Crippen LogP) is 2.82. The molecule has 1 saturated heterocycles. The van der Waals surface area contributed by atoms with E-state index in [1.165, 1.54) is 18.4 Å². The van der Waals surface area contributed by atoms with Crippen molar-refractivity contribution in [1.29, 1.82) is 0 Å². The molecule has 0 aromatic heterocycles. The van der Waals surface area contributed by atoms with Gasteiger partial charge in [0.1, 0.15) is 6.10 Å². The van der Waals surface area contributed by atoms with Crippen LogP contribution in [0.15, 0.2) is 11.6 Å². The lowest BCUT2D eigenvalue weighted by molar-refractivity contribution is -0.160. The average molecular weight is 322 g/mol. The predicted molar refractivity (Wildman–Crippen MR) is 87.6 cm³/mol. The van der Waals surface area contributed by atoms with Gasteiger partial charge < -0.3 is 14.9 Å². The molecule has 0 bridgehead atoms. The first kappa shape index (κ1) is 17.0. The summed E-state index contributed by atoms with van der Waals surface area (Å²) in [7, 11) is 0. The Bertz CT molecular complexity index is 472. The molecule has 0 spiro atoms. The second-order valence-corrected chi connectivity index (χ2v) is 8.03. The van der Waals surface area contributed by atoms with Crippen LogP contribution in [0.3, 0.4) is 0 Å². The van der Waals surface area contributed by atoms with Crippen LogP contribution in [0.2, 0.25) is 0 Å². The number of cyclic esters (lactones) is 1. The van der Waals surface area contributed by atoms with Gasteiger partial charge in [-0.15, -0.1) is 0 Å². The van der Waals surface area contributed by atoms with Crippen LogP contribution in [-0.4, -0.2) is 34.5 Å². The summed E-state index contributed by atoms with van der Waals surface area (Å²) in [6, 6.07) is 0.